The van der Waals surface area contributed by atoms with Crippen LogP contribution in [0.15, 0.2) is 11.2 Å². The van der Waals surface area contributed by atoms with Gasteiger partial charge in [0.05, 0.1) is 16.7 Å². The number of aliphatic hydroxyl groups excluding tert-OH is 2. The van der Waals surface area contributed by atoms with Crippen LogP contribution in [0.4, 0.5) is 5.69 Å². The standard InChI is InChI=1S/C25H36N2O4S/c1-16-5-7-17(8-6-16)24(30)27(18-9-11-19(28)12-10-18)21-15-20(13-14-25(2,3)4)32-22(21)23(29)26-31/h15-19,24,28,30H,5-12H2,1-4H3/t16?,17?,18?,19?,24-/m1/s1. The SMILES string of the molecule is CC1CCC([C@@H](O)N(c2cc(C#CC(C)(C)C)sc2C(=O)N=O)C2CCC(O)CC2)CC1. The minimum absolute atomic E-state index is 0.0102. The fraction of sp³-hybridized carbons (Fsp3) is 0.720. The number of amides is 1. The lowest BCUT2D eigenvalue weighted by Crippen LogP contribution is -2.50. The molecule has 0 bridgehead atoms. The maximum Gasteiger partial charge on any atom is 0.328 e. The highest BCUT2D eigenvalue weighted by Crippen LogP contribution is 2.40. The van der Waals surface area contributed by atoms with Crippen LogP contribution in [-0.4, -0.2) is 34.5 Å². The Bertz CT molecular complexity index is 863. The number of hydrogen-bond donors (Lipinski definition) is 2. The number of hydrogen-bond acceptors (Lipinski definition) is 6. The summed E-state index contributed by atoms with van der Waals surface area (Å²) in [6.45, 7) is 8.29. The fourth-order valence-corrected chi connectivity index (χ4v) is 5.67. The molecule has 2 aliphatic carbocycles. The Morgan fingerprint density at radius 2 is 1.78 bits per heavy atom. The van der Waals surface area contributed by atoms with Crippen LogP contribution in [0.5, 0.6) is 0 Å². The molecule has 1 aromatic rings. The van der Waals surface area contributed by atoms with Gasteiger partial charge in [-0.05, 0) is 71.3 Å². The van der Waals surface area contributed by atoms with Crippen molar-refractivity contribution in [3.05, 3.63) is 20.7 Å². The molecule has 0 saturated heterocycles. The van der Waals surface area contributed by atoms with E-state index in [4.69, 9.17) is 0 Å². The summed E-state index contributed by atoms with van der Waals surface area (Å²) >= 11 is 1.17. The molecular weight excluding hydrogens is 424 g/mol. The van der Waals surface area contributed by atoms with E-state index in [-0.39, 0.29) is 28.4 Å². The zero-order valence-electron chi connectivity index (χ0n) is 19.6. The van der Waals surface area contributed by atoms with Gasteiger partial charge >= 0.3 is 5.91 Å². The van der Waals surface area contributed by atoms with Crippen LogP contribution >= 0.6 is 11.3 Å². The molecule has 1 amide bonds. The predicted octanol–water partition coefficient (Wildman–Crippen LogP) is 5.31. The van der Waals surface area contributed by atoms with Gasteiger partial charge in [0.1, 0.15) is 11.1 Å². The molecule has 0 radical (unpaired) electrons. The van der Waals surface area contributed by atoms with Crippen molar-refractivity contribution in [2.45, 2.75) is 97.4 Å². The predicted molar refractivity (Wildman–Crippen MR) is 129 cm³/mol. The van der Waals surface area contributed by atoms with E-state index in [9.17, 15) is 19.9 Å². The largest absolute Gasteiger partial charge is 0.393 e. The van der Waals surface area contributed by atoms with Crippen molar-refractivity contribution in [1.82, 2.24) is 0 Å². The Kier molecular flexibility index (Phi) is 8.13. The molecule has 0 aliphatic heterocycles. The average Bonchev–Trinajstić information content (AvgIpc) is 3.17. The Labute approximate surface area is 195 Å². The average molecular weight is 461 g/mol. The van der Waals surface area contributed by atoms with E-state index in [2.05, 4.69) is 23.9 Å². The minimum Gasteiger partial charge on any atom is -0.393 e. The molecule has 1 aromatic heterocycles. The summed E-state index contributed by atoms with van der Waals surface area (Å²) in [5, 5.41) is 24.3. The summed E-state index contributed by atoms with van der Waals surface area (Å²) in [6.07, 6.45) is 5.71. The van der Waals surface area contributed by atoms with Gasteiger partial charge in [-0.1, -0.05) is 31.6 Å². The van der Waals surface area contributed by atoms with Gasteiger partial charge in [-0.15, -0.1) is 16.2 Å². The van der Waals surface area contributed by atoms with Crippen molar-refractivity contribution >= 4 is 22.9 Å². The first kappa shape index (κ1) is 24.9. The van der Waals surface area contributed by atoms with E-state index in [1.165, 1.54) is 11.3 Å². The molecule has 1 atom stereocenters. The van der Waals surface area contributed by atoms with Crippen LogP contribution in [-0.2, 0) is 0 Å². The molecular formula is C25H36N2O4S. The number of carbonyl (C=O) groups excluding carboxylic acids is 1. The number of aliphatic hydroxyl groups is 2. The van der Waals surface area contributed by atoms with E-state index >= 15 is 0 Å². The molecule has 3 rings (SSSR count). The zero-order valence-corrected chi connectivity index (χ0v) is 20.5. The fourth-order valence-electron chi connectivity index (χ4n) is 4.78. The van der Waals surface area contributed by atoms with Crippen LogP contribution in [0, 0.1) is 34.0 Å². The van der Waals surface area contributed by atoms with Gasteiger partial charge in [-0.2, -0.15) is 0 Å². The van der Waals surface area contributed by atoms with Crippen molar-refractivity contribution in [3.8, 4) is 11.8 Å². The third-order valence-electron chi connectivity index (χ3n) is 6.66. The van der Waals surface area contributed by atoms with Gasteiger partial charge < -0.3 is 15.1 Å². The molecule has 2 N–H and O–H groups in total. The number of carbonyl (C=O) groups is 1. The lowest BCUT2D eigenvalue weighted by atomic mass is 9.81. The summed E-state index contributed by atoms with van der Waals surface area (Å²) in [5.74, 6) is 6.27. The van der Waals surface area contributed by atoms with Crippen molar-refractivity contribution in [2.75, 3.05) is 4.90 Å². The number of nitroso groups, excluding NO2 is 1. The van der Waals surface area contributed by atoms with Crippen LogP contribution < -0.4 is 4.90 Å². The van der Waals surface area contributed by atoms with E-state index < -0.39 is 12.1 Å². The lowest BCUT2D eigenvalue weighted by molar-refractivity contribution is 0.0524. The Balaban J connectivity index is 2.02. The summed E-state index contributed by atoms with van der Waals surface area (Å²) in [6, 6.07) is 1.82. The summed E-state index contributed by atoms with van der Waals surface area (Å²) in [5.41, 5.74) is 0.361. The molecule has 32 heavy (non-hydrogen) atoms. The Morgan fingerprint density at radius 1 is 1.16 bits per heavy atom. The maximum atomic E-state index is 12.5. The number of anilines is 1. The molecule has 176 valence electrons. The number of thiophene rings is 1. The molecule has 2 fully saturated rings. The first-order chi connectivity index (χ1) is 15.1. The molecule has 0 unspecified atom stereocenters. The van der Waals surface area contributed by atoms with Gasteiger partial charge in [0, 0.05) is 22.6 Å². The highest BCUT2D eigenvalue weighted by molar-refractivity contribution is 7.15. The van der Waals surface area contributed by atoms with Crippen LogP contribution in [0.3, 0.4) is 0 Å². The smallest absolute Gasteiger partial charge is 0.328 e. The van der Waals surface area contributed by atoms with Crippen molar-refractivity contribution in [3.63, 3.8) is 0 Å². The van der Waals surface area contributed by atoms with E-state index in [0.29, 0.717) is 29.3 Å². The molecule has 7 heteroatoms. The van der Waals surface area contributed by atoms with Crippen LogP contribution in [0.25, 0.3) is 0 Å². The lowest BCUT2D eigenvalue weighted by Gasteiger charge is -2.44. The molecule has 0 aromatic carbocycles. The summed E-state index contributed by atoms with van der Waals surface area (Å²) in [4.78, 5) is 26.5. The Hall–Kier alpha value is -1.75. The second-order valence-electron chi connectivity index (χ2n) is 10.5. The topological polar surface area (TPSA) is 90.2 Å². The third kappa shape index (κ3) is 6.18. The summed E-state index contributed by atoms with van der Waals surface area (Å²) in [7, 11) is 0. The molecule has 2 saturated carbocycles. The van der Waals surface area contributed by atoms with Gasteiger partial charge in [-0.25, -0.2) is 0 Å². The van der Waals surface area contributed by atoms with Crippen molar-refractivity contribution in [2.24, 2.45) is 22.4 Å². The Morgan fingerprint density at radius 3 is 2.34 bits per heavy atom. The number of rotatable bonds is 5. The third-order valence-corrected chi connectivity index (χ3v) is 7.68. The minimum atomic E-state index is -0.820. The first-order valence-electron chi connectivity index (χ1n) is 11.8. The second-order valence-corrected chi connectivity index (χ2v) is 11.6. The summed E-state index contributed by atoms with van der Waals surface area (Å²) < 4.78 is 0. The van der Waals surface area contributed by atoms with Crippen LogP contribution in [0.2, 0.25) is 0 Å². The highest BCUT2D eigenvalue weighted by atomic mass is 32.1. The van der Waals surface area contributed by atoms with E-state index in [1.807, 2.05) is 31.7 Å². The van der Waals surface area contributed by atoms with E-state index in [1.54, 1.807) is 0 Å². The van der Waals surface area contributed by atoms with Gasteiger partial charge in [0.2, 0.25) is 0 Å². The van der Waals surface area contributed by atoms with Crippen molar-refractivity contribution in [1.29, 1.82) is 0 Å². The van der Waals surface area contributed by atoms with Gasteiger partial charge in [0.25, 0.3) is 0 Å². The normalized spacial score (nSPS) is 27.2. The molecule has 0 spiro atoms. The number of nitrogens with zero attached hydrogens (tertiary/aromatic N) is 2. The zero-order chi connectivity index (χ0) is 23.5. The van der Waals surface area contributed by atoms with Gasteiger partial charge in [0.15, 0.2) is 0 Å². The maximum absolute atomic E-state index is 12.5. The van der Waals surface area contributed by atoms with Crippen LogP contribution in [0.1, 0.15) is 93.6 Å². The molecule has 1 heterocycles. The highest BCUT2D eigenvalue weighted by Gasteiger charge is 2.37. The first-order valence-corrected chi connectivity index (χ1v) is 12.6. The molecule has 2 aliphatic rings. The van der Waals surface area contributed by atoms with Crippen molar-refractivity contribution < 1.29 is 15.0 Å². The quantitative estimate of drug-likeness (QED) is 0.353. The van der Waals surface area contributed by atoms with E-state index in [0.717, 1.165) is 38.5 Å². The van der Waals surface area contributed by atoms with Gasteiger partial charge in [-0.3, -0.25) is 4.79 Å². The molecule has 6 nitrogen and oxygen atoms in total. The second kappa shape index (κ2) is 10.5. The monoisotopic (exact) mass is 460 g/mol.